The SMILES string of the molecule is C=CC[C@@](NS(=O)C(C)(C)C)(C(=O)OCC)c1ccc(-c2ccccc2)cc1. The molecule has 0 bridgehead atoms. The maximum Gasteiger partial charge on any atom is 0.332 e. The molecule has 0 amide bonds. The maximum absolute atomic E-state index is 13.0. The van der Waals surface area contributed by atoms with E-state index in [4.69, 9.17) is 4.74 Å². The van der Waals surface area contributed by atoms with Crippen LogP contribution in [0, 0.1) is 0 Å². The minimum Gasteiger partial charge on any atom is -0.464 e. The van der Waals surface area contributed by atoms with Crippen molar-refractivity contribution < 1.29 is 13.7 Å². The minimum absolute atomic E-state index is 0.240. The normalized spacial score (nSPS) is 14.7. The maximum atomic E-state index is 13.0. The zero-order valence-corrected chi connectivity index (χ0v) is 17.8. The highest BCUT2D eigenvalue weighted by atomic mass is 32.2. The smallest absolute Gasteiger partial charge is 0.332 e. The molecule has 0 aliphatic carbocycles. The molecule has 1 N–H and O–H groups in total. The molecule has 0 aliphatic heterocycles. The first-order valence-electron chi connectivity index (χ1n) is 9.38. The van der Waals surface area contributed by atoms with Gasteiger partial charge in [-0.1, -0.05) is 60.7 Å². The molecule has 0 radical (unpaired) electrons. The molecule has 0 spiro atoms. The fraction of sp³-hybridized carbons (Fsp3) is 0.348. The van der Waals surface area contributed by atoms with Gasteiger partial charge in [0.05, 0.1) is 22.3 Å². The standard InChI is InChI=1S/C23H29NO3S/c1-6-17-23(21(25)27-7-2,24-28(26)22(3,4)5)20-15-13-19(14-16-20)18-11-9-8-10-12-18/h6,8-16,24H,1,7,17H2,2-5H3/t23-,28?/m0/s1. The van der Waals surface area contributed by atoms with Crippen molar-refractivity contribution in [2.75, 3.05) is 6.61 Å². The zero-order valence-electron chi connectivity index (χ0n) is 17.0. The van der Waals surface area contributed by atoms with Crippen molar-refractivity contribution in [3.8, 4) is 11.1 Å². The van der Waals surface area contributed by atoms with Crippen LogP contribution >= 0.6 is 0 Å². The van der Waals surface area contributed by atoms with E-state index in [0.29, 0.717) is 5.56 Å². The lowest BCUT2D eigenvalue weighted by Gasteiger charge is -2.34. The van der Waals surface area contributed by atoms with Crippen molar-refractivity contribution in [2.45, 2.75) is 44.4 Å². The zero-order chi connectivity index (χ0) is 20.8. The van der Waals surface area contributed by atoms with Crippen molar-refractivity contribution in [3.05, 3.63) is 72.8 Å². The third kappa shape index (κ3) is 4.97. The summed E-state index contributed by atoms with van der Waals surface area (Å²) in [5, 5.41) is 0. The second-order valence-corrected chi connectivity index (χ2v) is 9.51. The molecule has 0 heterocycles. The van der Waals surface area contributed by atoms with Gasteiger partial charge in [-0.15, -0.1) is 6.58 Å². The average molecular weight is 400 g/mol. The van der Waals surface area contributed by atoms with Crippen LogP contribution < -0.4 is 4.72 Å². The van der Waals surface area contributed by atoms with Gasteiger partial charge in [0.15, 0.2) is 5.54 Å². The predicted octanol–water partition coefficient (Wildman–Crippen LogP) is 4.74. The van der Waals surface area contributed by atoms with Gasteiger partial charge in [0.25, 0.3) is 0 Å². The first kappa shape index (κ1) is 22.1. The summed E-state index contributed by atoms with van der Waals surface area (Å²) < 4.78 is 20.8. The van der Waals surface area contributed by atoms with Crippen LogP contribution in [0.2, 0.25) is 0 Å². The van der Waals surface area contributed by atoms with E-state index in [9.17, 15) is 9.00 Å². The summed E-state index contributed by atoms with van der Waals surface area (Å²) in [6, 6.07) is 17.7. The molecule has 28 heavy (non-hydrogen) atoms. The second kappa shape index (κ2) is 9.30. The number of rotatable bonds is 8. The van der Waals surface area contributed by atoms with E-state index in [1.54, 1.807) is 13.0 Å². The number of hydrogen-bond acceptors (Lipinski definition) is 3. The fourth-order valence-electron chi connectivity index (χ4n) is 2.82. The molecule has 2 aromatic carbocycles. The Kier molecular flexibility index (Phi) is 7.33. The van der Waals surface area contributed by atoms with Gasteiger partial charge in [0.2, 0.25) is 0 Å². The second-order valence-electron chi connectivity index (χ2n) is 7.55. The Balaban J connectivity index is 2.51. The molecule has 0 aliphatic rings. The molecule has 5 heteroatoms. The molecular weight excluding hydrogens is 370 g/mol. The van der Waals surface area contributed by atoms with E-state index < -0.39 is 27.2 Å². The highest BCUT2D eigenvalue weighted by molar-refractivity contribution is 7.84. The monoisotopic (exact) mass is 399 g/mol. The first-order valence-corrected chi connectivity index (χ1v) is 10.5. The molecule has 1 unspecified atom stereocenters. The summed E-state index contributed by atoms with van der Waals surface area (Å²) in [5.74, 6) is -0.458. The van der Waals surface area contributed by atoms with Crippen LogP contribution in [0.3, 0.4) is 0 Å². The minimum atomic E-state index is -1.47. The molecule has 0 saturated carbocycles. The first-order chi connectivity index (χ1) is 13.2. The fourth-order valence-corrected chi connectivity index (χ4v) is 3.73. The summed E-state index contributed by atoms with van der Waals surface area (Å²) in [4.78, 5) is 13.0. The lowest BCUT2D eigenvalue weighted by molar-refractivity contribution is -0.150. The van der Waals surface area contributed by atoms with E-state index in [0.717, 1.165) is 11.1 Å². The Morgan fingerprint density at radius 1 is 1.07 bits per heavy atom. The topological polar surface area (TPSA) is 55.4 Å². The van der Waals surface area contributed by atoms with Crippen LogP contribution in [0.4, 0.5) is 0 Å². The Bertz CT molecular complexity index is 825. The number of esters is 1. The van der Waals surface area contributed by atoms with Gasteiger partial charge in [0.1, 0.15) is 0 Å². The molecule has 0 aromatic heterocycles. The number of benzene rings is 2. The van der Waals surface area contributed by atoms with Crippen LogP contribution in [0.1, 0.15) is 39.7 Å². The molecule has 4 nitrogen and oxygen atoms in total. The predicted molar refractivity (Wildman–Crippen MR) is 116 cm³/mol. The van der Waals surface area contributed by atoms with Crippen molar-refractivity contribution in [3.63, 3.8) is 0 Å². The molecular formula is C23H29NO3S. The average Bonchev–Trinajstić information content (AvgIpc) is 2.67. The largest absolute Gasteiger partial charge is 0.464 e. The van der Waals surface area contributed by atoms with Crippen LogP contribution in [0.5, 0.6) is 0 Å². The Hall–Kier alpha value is -2.24. The number of hydrogen-bond donors (Lipinski definition) is 1. The van der Waals surface area contributed by atoms with Gasteiger partial charge in [-0.25, -0.2) is 13.7 Å². The summed E-state index contributed by atoms with van der Waals surface area (Å²) >= 11 is 0. The van der Waals surface area contributed by atoms with Crippen molar-refractivity contribution in [1.82, 2.24) is 4.72 Å². The van der Waals surface area contributed by atoms with Gasteiger partial charge in [0, 0.05) is 0 Å². The van der Waals surface area contributed by atoms with E-state index in [2.05, 4.69) is 11.3 Å². The van der Waals surface area contributed by atoms with E-state index in [1.807, 2.05) is 75.4 Å². The number of carbonyl (C=O) groups is 1. The third-order valence-electron chi connectivity index (χ3n) is 4.38. The van der Waals surface area contributed by atoms with Gasteiger partial charge in [-0.3, -0.25) is 0 Å². The summed E-state index contributed by atoms with van der Waals surface area (Å²) in [7, 11) is -1.47. The Morgan fingerprint density at radius 2 is 1.64 bits per heavy atom. The Morgan fingerprint density at radius 3 is 2.14 bits per heavy atom. The lowest BCUT2D eigenvalue weighted by Crippen LogP contribution is -2.53. The third-order valence-corrected chi connectivity index (χ3v) is 6.03. The number of nitrogens with one attached hydrogen (secondary N) is 1. The van der Waals surface area contributed by atoms with Crippen molar-refractivity contribution in [2.24, 2.45) is 0 Å². The van der Waals surface area contributed by atoms with Gasteiger partial charge >= 0.3 is 5.97 Å². The van der Waals surface area contributed by atoms with Crippen LogP contribution in [0.25, 0.3) is 11.1 Å². The molecule has 2 atom stereocenters. The molecule has 150 valence electrons. The summed E-state index contributed by atoms with van der Waals surface area (Å²) in [6.45, 7) is 11.4. The Labute approximate surface area is 170 Å². The van der Waals surface area contributed by atoms with E-state index in [1.165, 1.54) is 0 Å². The van der Waals surface area contributed by atoms with Crippen molar-refractivity contribution >= 4 is 17.0 Å². The van der Waals surface area contributed by atoms with E-state index >= 15 is 0 Å². The molecule has 2 rings (SSSR count). The number of carbonyl (C=O) groups excluding carboxylic acids is 1. The number of ether oxygens (including phenoxy) is 1. The highest BCUT2D eigenvalue weighted by Crippen LogP contribution is 2.31. The summed E-state index contributed by atoms with van der Waals surface area (Å²) in [5.41, 5.74) is 1.57. The van der Waals surface area contributed by atoms with Gasteiger partial charge in [-0.2, -0.15) is 0 Å². The van der Waals surface area contributed by atoms with E-state index in [-0.39, 0.29) is 13.0 Å². The van der Waals surface area contributed by atoms with Gasteiger partial charge < -0.3 is 4.74 Å². The molecule has 2 aromatic rings. The van der Waals surface area contributed by atoms with Gasteiger partial charge in [-0.05, 0) is 50.8 Å². The van der Waals surface area contributed by atoms with Crippen molar-refractivity contribution in [1.29, 1.82) is 0 Å². The molecule has 0 saturated heterocycles. The van der Waals surface area contributed by atoms with Crippen LogP contribution in [-0.4, -0.2) is 21.5 Å². The quantitative estimate of drug-likeness (QED) is 0.515. The summed E-state index contributed by atoms with van der Waals surface area (Å²) in [6.07, 6.45) is 1.91. The highest BCUT2D eigenvalue weighted by Gasteiger charge is 2.43. The lowest BCUT2D eigenvalue weighted by atomic mass is 9.86. The van der Waals surface area contributed by atoms with Crippen LogP contribution in [-0.2, 0) is 26.1 Å². The van der Waals surface area contributed by atoms with Crippen LogP contribution in [0.15, 0.2) is 67.3 Å². The molecule has 0 fully saturated rings.